The molecule has 1 fully saturated rings. The summed E-state index contributed by atoms with van der Waals surface area (Å²) in [7, 11) is 3.23. The van der Waals surface area contributed by atoms with Crippen molar-refractivity contribution in [1.82, 2.24) is 10.6 Å². The minimum atomic E-state index is -0.261. The third kappa shape index (κ3) is 4.94. The number of benzene rings is 2. The molecule has 1 atom stereocenters. The highest BCUT2D eigenvalue weighted by molar-refractivity contribution is 5.96. The van der Waals surface area contributed by atoms with E-state index in [0.717, 1.165) is 29.2 Å². The number of nitrogens with one attached hydrogen (secondary N) is 2. The van der Waals surface area contributed by atoms with Crippen molar-refractivity contribution in [2.75, 3.05) is 32.2 Å². The Hall–Kier alpha value is -3.22. The Kier molecular flexibility index (Phi) is 6.37. The van der Waals surface area contributed by atoms with Gasteiger partial charge in [-0.3, -0.25) is 4.79 Å². The maximum Gasteiger partial charge on any atom is 0.315 e. The fourth-order valence-corrected chi connectivity index (χ4v) is 3.16. The zero-order chi connectivity index (χ0) is 19.9. The van der Waals surface area contributed by atoms with Crippen molar-refractivity contribution in [2.24, 2.45) is 0 Å². The first-order valence-corrected chi connectivity index (χ1v) is 9.21. The molecule has 7 heteroatoms. The van der Waals surface area contributed by atoms with E-state index in [1.807, 2.05) is 48.5 Å². The zero-order valence-corrected chi connectivity index (χ0v) is 16.1. The summed E-state index contributed by atoms with van der Waals surface area (Å²) < 4.78 is 10.3. The van der Waals surface area contributed by atoms with E-state index in [1.165, 1.54) is 0 Å². The Morgan fingerprint density at radius 3 is 2.25 bits per heavy atom. The molecule has 0 saturated carbocycles. The van der Waals surface area contributed by atoms with Gasteiger partial charge in [-0.25, -0.2) is 4.79 Å². The molecule has 1 aliphatic rings. The van der Waals surface area contributed by atoms with E-state index in [0.29, 0.717) is 13.1 Å². The maximum absolute atomic E-state index is 12.3. The standard InChI is InChI=1S/C21H25N3O4/c1-27-18-7-3-15(4-8-18)11-12-22-21(26)23-16-13-20(25)24(14-16)17-5-9-19(28-2)10-6-17/h3-10,16H,11-14H2,1-2H3,(H2,22,23,26)/t16-/m1/s1. The van der Waals surface area contributed by atoms with Gasteiger partial charge in [-0.05, 0) is 48.4 Å². The summed E-state index contributed by atoms with van der Waals surface area (Å²) in [5.41, 5.74) is 1.91. The minimum absolute atomic E-state index is 0.00583. The molecule has 0 aliphatic carbocycles. The van der Waals surface area contributed by atoms with Gasteiger partial charge in [0.1, 0.15) is 11.5 Å². The van der Waals surface area contributed by atoms with E-state index in [4.69, 9.17) is 9.47 Å². The monoisotopic (exact) mass is 383 g/mol. The molecule has 0 bridgehead atoms. The predicted molar refractivity (Wildman–Crippen MR) is 107 cm³/mol. The molecule has 3 amide bonds. The first kappa shape index (κ1) is 19.5. The molecule has 1 aliphatic heterocycles. The number of hydrogen-bond donors (Lipinski definition) is 2. The molecular weight excluding hydrogens is 358 g/mol. The van der Waals surface area contributed by atoms with E-state index < -0.39 is 0 Å². The van der Waals surface area contributed by atoms with Crippen LogP contribution in [0, 0.1) is 0 Å². The lowest BCUT2D eigenvalue weighted by atomic mass is 10.1. The van der Waals surface area contributed by atoms with Crippen LogP contribution < -0.4 is 25.0 Å². The van der Waals surface area contributed by atoms with Crippen LogP contribution in [0.2, 0.25) is 0 Å². The predicted octanol–water partition coefficient (Wildman–Crippen LogP) is 2.35. The molecule has 1 saturated heterocycles. The smallest absolute Gasteiger partial charge is 0.315 e. The number of rotatable bonds is 7. The van der Waals surface area contributed by atoms with Crippen LogP contribution in [0.1, 0.15) is 12.0 Å². The number of urea groups is 1. The van der Waals surface area contributed by atoms with Crippen molar-refractivity contribution in [3.63, 3.8) is 0 Å². The average Bonchev–Trinajstić information content (AvgIpc) is 3.08. The number of carbonyl (C=O) groups excluding carboxylic acids is 2. The second kappa shape index (κ2) is 9.12. The normalized spacial score (nSPS) is 16.0. The van der Waals surface area contributed by atoms with Crippen molar-refractivity contribution < 1.29 is 19.1 Å². The number of methoxy groups -OCH3 is 2. The number of ether oxygens (including phenoxy) is 2. The van der Waals surface area contributed by atoms with E-state index in [-0.39, 0.29) is 24.4 Å². The molecule has 28 heavy (non-hydrogen) atoms. The molecule has 0 radical (unpaired) electrons. The molecule has 0 aromatic heterocycles. The lowest BCUT2D eigenvalue weighted by molar-refractivity contribution is -0.117. The van der Waals surface area contributed by atoms with Gasteiger partial charge in [-0.15, -0.1) is 0 Å². The quantitative estimate of drug-likeness (QED) is 0.769. The first-order chi connectivity index (χ1) is 13.6. The molecule has 148 valence electrons. The third-order valence-corrected chi connectivity index (χ3v) is 4.70. The Morgan fingerprint density at radius 1 is 1.04 bits per heavy atom. The molecule has 1 heterocycles. The highest BCUT2D eigenvalue weighted by atomic mass is 16.5. The molecule has 2 N–H and O–H groups in total. The summed E-state index contributed by atoms with van der Waals surface area (Å²) in [5.74, 6) is 1.54. The van der Waals surface area contributed by atoms with Crippen LogP contribution in [-0.2, 0) is 11.2 Å². The third-order valence-electron chi connectivity index (χ3n) is 4.70. The van der Waals surface area contributed by atoms with Crippen LogP contribution in [0.5, 0.6) is 11.5 Å². The van der Waals surface area contributed by atoms with Gasteiger partial charge in [0.05, 0.1) is 20.3 Å². The Bertz CT molecular complexity index is 805. The van der Waals surface area contributed by atoms with Crippen molar-refractivity contribution >= 4 is 17.6 Å². The second-order valence-electron chi connectivity index (χ2n) is 6.60. The van der Waals surface area contributed by atoms with Gasteiger partial charge in [0, 0.05) is 25.2 Å². The molecule has 0 unspecified atom stereocenters. The Morgan fingerprint density at radius 2 is 1.64 bits per heavy atom. The van der Waals surface area contributed by atoms with Gasteiger partial charge in [0.25, 0.3) is 0 Å². The lowest BCUT2D eigenvalue weighted by Crippen LogP contribution is -2.43. The lowest BCUT2D eigenvalue weighted by Gasteiger charge is -2.17. The van der Waals surface area contributed by atoms with Crippen LogP contribution in [-0.4, -0.2) is 45.3 Å². The molecule has 2 aromatic carbocycles. The van der Waals surface area contributed by atoms with E-state index in [9.17, 15) is 9.59 Å². The summed E-state index contributed by atoms with van der Waals surface area (Å²) in [6.07, 6.45) is 1.01. The van der Waals surface area contributed by atoms with Crippen molar-refractivity contribution in [3.8, 4) is 11.5 Å². The number of carbonyl (C=O) groups is 2. The zero-order valence-electron chi connectivity index (χ0n) is 16.1. The van der Waals surface area contributed by atoms with Gasteiger partial charge in [0.15, 0.2) is 0 Å². The largest absolute Gasteiger partial charge is 0.497 e. The van der Waals surface area contributed by atoms with Crippen LogP contribution in [0.25, 0.3) is 0 Å². The molecular formula is C21H25N3O4. The van der Waals surface area contributed by atoms with Crippen molar-refractivity contribution in [2.45, 2.75) is 18.9 Å². The van der Waals surface area contributed by atoms with Crippen molar-refractivity contribution in [3.05, 3.63) is 54.1 Å². The van der Waals surface area contributed by atoms with Gasteiger partial charge >= 0.3 is 6.03 Å². The van der Waals surface area contributed by atoms with E-state index >= 15 is 0 Å². The van der Waals surface area contributed by atoms with Gasteiger partial charge in [-0.1, -0.05) is 12.1 Å². The minimum Gasteiger partial charge on any atom is -0.497 e. The molecule has 2 aromatic rings. The number of amides is 3. The van der Waals surface area contributed by atoms with Crippen LogP contribution in [0.3, 0.4) is 0 Å². The summed E-state index contributed by atoms with van der Waals surface area (Å²) in [6, 6.07) is 14.6. The number of anilines is 1. The topological polar surface area (TPSA) is 79.9 Å². The summed E-state index contributed by atoms with van der Waals surface area (Å²) in [6.45, 7) is 0.970. The van der Waals surface area contributed by atoms with Crippen LogP contribution >= 0.6 is 0 Å². The summed E-state index contributed by atoms with van der Waals surface area (Å²) >= 11 is 0. The first-order valence-electron chi connectivity index (χ1n) is 9.21. The van der Waals surface area contributed by atoms with Crippen molar-refractivity contribution in [1.29, 1.82) is 0 Å². The van der Waals surface area contributed by atoms with Crippen LogP contribution in [0.15, 0.2) is 48.5 Å². The molecule has 0 spiro atoms. The Balaban J connectivity index is 1.44. The maximum atomic E-state index is 12.3. The van der Waals surface area contributed by atoms with Gasteiger partial charge < -0.3 is 25.0 Å². The fraction of sp³-hybridized carbons (Fsp3) is 0.333. The summed E-state index contributed by atoms with van der Waals surface area (Å²) in [4.78, 5) is 26.1. The Labute approximate surface area is 164 Å². The fourth-order valence-electron chi connectivity index (χ4n) is 3.16. The number of nitrogens with zero attached hydrogens (tertiary/aromatic N) is 1. The van der Waals surface area contributed by atoms with E-state index in [2.05, 4.69) is 10.6 Å². The summed E-state index contributed by atoms with van der Waals surface area (Å²) in [5, 5.41) is 5.72. The SMILES string of the molecule is COc1ccc(CCNC(=O)N[C@@H]2CC(=O)N(c3ccc(OC)cc3)C2)cc1. The molecule has 7 nitrogen and oxygen atoms in total. The highest BCUT2D eigenvalue weighted by Gasteiger charge is 2.31. The van der Waals surface area contributed by atoms with Crippen LogP contribution in [0.4, 0.5) is 10.5 Å². The highest BCUT2D eigenvalue weighted by Crippen LogP contribution is 2.24. The second-order valence-corrected chi connectivity index (χ2v) is 6.60. The van der Waals surface area contributed by atoms with Gasteiger partial charge in [-0.2, -0.15) is 0 Å². The number of hydrogen-bond acceptors (Lipinski definition) is 4. The molecule has 3 rings (SSSR count). The average molecular weight is 383 g/mol. The van der Waals surface area contributed by atoms with Gasteiger partial charge in [0.2, 0.25) is 5.91 Å². The van der Waals surface area contributed by atoms with E-state index in [1.54, 1.807) is 19.1 Å².